The minimum Gasteiger partial charge on any atom is -0.315 e. The van der Waals surface area contributed by atoms with Crippen LogP contribution in [0.15, 0.2) is 47.4 Å². The summed E-state index contributed by atoms with van der Waals surface area (Å²) in [4.78, 5) is 4.79. The molecule has 1 aromatic carbocycles. The molecular weight excluding hydrogens is 425 g/mol. The number of pyridine rings is 1. The molecule has 0 radical (unpaired) electrons. The predicted molar refractivity (Wildman–Crippen MR) is 114 cm³/mol. The lowest BCUT2D eigenvalue weighted by Crippen LogP contribution is -2.39. The zero-order valence-electron chi connectivity index (χ0n) is 16.5. The first-order valence-electron chi connectivity index (χ1n) is 9.78. The molecule has 0 unspecified atom stereocenters. The van der Waals surface area contributed by atoms with E-state index in [2.05, 4.69) is 20.5 Å². The lowest BCUT2D eigenvalue weighted by Gasteiger charge is -2.31. The zero-order chi connectivity index (χ0) is 21.1. The maximum atomic E-state index is 13.2. The first-order chi connectivity index (χ1) is 14.5. The number of rotatable bonds is 6. The summed E-state index contributed by atoms with van der Waals surface area (Å²) in [6.45, 7) is 2.81. The molecule has 3 heterocycles. The van der Waals surface area contributed by atoms with Crippen LogP contribution >= 0.6 is 11.3 Å². The maximum Gasteiger partial charge on any atom is 0.243 e. The quantitative estimate of drug-likeness (QED) is 0.616. The van der Waals surface area contributed by atoms with Gasteiger partial charge in [-0.3, -0.25) is 0 Å². The molecule has 158 valence electrons. The first kappa shape index (κ1) is 20.8. The van der Waals surface area contributed by atoms with Crippen molar-refractivity contribution in [1.82, 2.24) is 19.5 Å². The number of piperidine rings is 1. The number of sulfonamides is 1. The van der Waals surface area contributed by atoms with Gasteiger partial charge in [-0.15, -0.1) is 10.2 Å². The van der Waals surface area contributed by atoms with E-state index in [0.717, 1.165) is 30.0 Å². The molecule has 0 amide bonds. The van der Waals surface area contributed by atoms with Crippen LogP contribution in [0.2, 0.25) is 0 Å². The van der Waals surface area contributed by atoms with Crippen molar-refractivity contribution in [3.05, 3.63) is 59.0 Å². The molecule has 1 aliphatic rings. The van der Waals surface area contributed by atoms with Crippen LogP contribution in [0, 0.1) is 5.82 Å². The lowest BCUT2D eigenvalue weighted by molar-refractivity contribution is 0.313. The van der Waals surface area contributed by atoms with Gasteiger partial charge in [-0.05, 0) is 55.7 Å². The van der Waals surface area contributed by atoms with Crippen LogP contribution in [0.5, 0.6) is 0 Å². The number of benzene rings is 1. The van der Waals surface area contributed by atoms with Crippen molar-refractivity contribution in [3.63, 3.8) is 0 Å². The highest BCUT2D eigenvalue weighted by atomic mass is 32.2. The van der Waals surface area contributed by atoms with Gasteiger partial charge in [0.1, 0.15) is 16.6 Å². The molecule has 30 heavy (non-hydrogen) atoms. The maximum absolute atomic E-state index is 13.2. The number of anilines is 2. The summed E-state index contributed by atoms with van der Waals surface area (Å²) in [5.41, 5.74) is 0.833. The van der Waals surface area contributed by atoms with Crippen molar-refractivity contribution in [2.45, 2.75) is 37.0 Å². The van der Waals surface area contributed by atoms with Crippen LogP contribution in [0.3, 0.4) is 0 Å². The topological polar surface area (TPSA) is 88.1 Å². The third kappa shape index (κ3) is 4.50. The van der Waals surface area contributed by atoms with Crippen molar-refractivity contribution >= 4 is 32.3 Å². The Balaban J connectivity index is 1.51. The van der Waals surface area contributed by atoms with Crippen molar-refractivity contribution in [2.24, 2.45) is 0 Å². The summed E-state index contributed by atoms with van der Waals surface area (Å²) in [5.74, 6) is 0.182. The SMILES string of the molecule is CCc1nnc(Nc2cccc([C@@H]3CCCN(S(=O)(=O)c4ccc(F)cc4)C3)n2)s1. The normalized spacial score (nSPS) is 17.7. The Morgan fingerprint density at radius 3 is 2.73 bits per heavy atom. The van der Waals surface area contributed by atoms with E-state index in [9.17, 15) is 12.8 Å². The van der Waals surface area contributed by atoms with Gasteiger partial charge in [0.25, 0.3) is 0 Å². The fourth-order valence-corrected chi connectivity index (χ4v) is 5.67. The number of nitrogens with one attached hydrogen (secondary N) is 1. The second kappa shape index (κ2) is 8.75. The number of aryl methyl sites for hydroxylation is 1. The van der Waals surface area contributed by atoms with Crippen molar-refractivity contribution < 1.29 is 12.8 Å². The number of aromatic nitrogens is 3. The van der Waals surface area contributed by atoms with E-state index in [1.54, 1.807) is 0 Å². The number of hydrogen-bond donors (Lipinski definition) is 1. The van der Waals surface area contributed by atoms with Crippen LogP contribution in [0.25, 0.3) is 0 Å². The Hall–Kier alpha value is -2.43. The van der Waals surface area contributed by atoms with Crippen LogP contribution in [0.4, 0.5) is 15.3 Å². The molecule has 1 atom stereocenters. The Bertz CT molecular complexity index is 1120. The summed E-state index contributed by atoms with van der Waals surface area (Å²) < 4.78 is 40.6. The second-order valence-corrected chi connectivity index (χ2v) is 10.1. The molecule has 10 heteroatoms. The van der Waals surface area contributed by atoms with Crippen LogP contribution in [-0.4, -0.2) is 41.0 Å². The van der Waals surface area contributed by atoms with Crippen molar-refractivity contribution in [2.75, 3.05) is 18.4 Å². The molecule has 0 bridgehead atoms. The average Bonchev–Trinajstić information content (AvgIpc) is 3.22. The standard InChI is InChI=1S/C20H22FN5O2S2/c1-2-19-24-25-20(29-19)23-18-7-3-6-17(22-18)14-5-4-12-26(13-14)30(27,28)16-10-8-15(21)9-11-16/h3,6-11,14H,2,4-5,12-13H2,1H3,(H,22,23,25)/t14-/m1/s1. The van der Waals surface area contributed by atoms with Crippen molar-refractivity contribution in [1.29, 1.82) is 0 Å². The number of hydrogen-bond acceptors (Lipinski definition) is 7. The molecule has 0 saturated carbocycles. The van der Waals surface area contributed by atoms with E-state index in [0.29, 0.717) is 24.0 Å². The number of nitrogens with zero attached hydrogens (tertiary/aromatic N) is 4. The Morgan fingerprint density at radius 2 is 2.00 bits per heavy atom. The van der Waals surface area contributed by atoms with E-state index in [1.165, 1.54) is 39.9 Å². The van der Waals surface area contributed by atoms with Gasteiger partial charge in [-0.25, -0.2) is 17.8 Å². The minimum absolute atomic E-state index is 0.0173. The highest BCUT2D eigenvalue weighted by molar-refractivity contribution is 7.89. The predicted octanol–water partition coefficient (Wildman–Crippen LogP) is 3.95. The highest BCUT2D eigenvalue weighted by Crippen LogP contribution is 2.30. The van der Waals surface area contributed by atoms with Gasteiger partial charge < -0.3 is 5.32 Å². The van der Waals surface area contributed by atoms with Gasteiger partial charge in [0.15, 0.2) is 0 Å². The van der Waals surface area contributed by atoms with Gasteiger partial charge in [0.05, 0.1) is 4.90 Å². The third-order valence-electron chi connectivity index (χ3n) is 5.03. The number of halogens is 1. The summed E-state index contributed by atoms with van der Waals surface area (Å²) in [6.07, 6.45) is 2.42. The smallest absolute Gasteiger partial charge is 0.243 e. The Labute approximate surface area is 179 Å². The molecule has 1 N–H and O–H groups in total. The van der Waals surface area contributed by atoms with Crippen LogP contribution in [-0.2, 0) is 16.4 Å². The largest absolute Gasteiger partial charge is 0.315 e. The molecular formula is C20H22FN5O2S2. The first-order valence-corrected chi connectivity index (χ1v) is 12.0. The summed E-state index contributed by atoms with van der Waals surface area (Å²) >= 11 is 1.48. The van der Waals surface area contributed by atoms with E-state index in [1.807, 2.05) is 25.1 Å². The highest BCUT2D eigenvalue weighted by Gasteiger charge is 2.31. The monoisotopic (exact) mass is 447 g/mol. The lowest BCUT2D eigenvalue weighted by atomic mass is 9.96. The summed E-state index contributed by atoms with van der Waals surface area (Å²) in [6, 6.07) is 10.6. The minimum atomic E-state index is -3.67. The molecule has 0 spiro atoms. The Morgan fingerprint density at radius 1 is 1.20 bits per heavy atom. The fraction of sp³-hybridized carbons (Fsp3) is 0.350. The van der Waals surface area contributed by atoms with E-state index < -0.39 is 15.8 Å². The molecule has 1 fully saturated rings. The van der Waals surface area contributed by atoms with E-state index >= 15 is 0 Å². The van der Waals surface area contributed by atoms with Gasteiger partial charge in [-0.1, -0.05) is 24.3 Å². The summed E-state index contributed by atoms with van der Waals surface area (Å²) in [7, 11) is -3.67. The molecule has 1 saturated heterocycles. The average molecular weight is 448 g/mol. The zero-order valence-corrected chi connectivity index (χ0v) is 18.1. The van der Waals surface area contributed by atoms with Crippen LogP contribution in [0.1, 0.15) is 36.4 Å². The van der Waals surface area contributed by atoms with Gasteiger partial charge >= 0.3 is 0 Å². The third-order valence-corrected chi connectivity index (χ3v) is 7.89. The summed E-state index contributed by atoms with van der Waals surface area (Å²) in [5, 5.41) is 13.0. The molecule has 7 nitrogen and oxygen atoms in total. The molecule has 3 aromatic rings. The van der Waals surface area contributed by atoms with Gasteiger partial charge in [-0.2, -0.15) is 4.31 Å². The second-order valence-electron chi connectivity index (χ2n) is 7.08. The fourth-order valence-electron chi connectivity index (χ4n) is 3.46. The molecule has 0 aliphatic carbocycles. The van der Waals surface area contributed by atoms with E-state index in [4.69, 9.17) is 0 Å². The van der Waals surface area contributed by atoms with Gasteiger partial charge in [0, 0.05) is 24.7 Å². The molecule has 1 aliphatic heterocycles. The molecule has 2 aromatic heterocycles. The Kier molecular flexibility index (Phi) is 6.07. The van der Waals surface area contributed by atoms with Gasteiger partial charge in [0.2, 0.25) is 15.2 Å². The van der Waals surface area contributed by atoms with E-state index in [-0.39, 0.29) is 10.8 Å². The van der Waals surface area contributed by atoms with Crippen LogP contribution < -0.4 is 5.32 Å². The molecule has 4 rings (SSSR count). The van der Waals surface area contributed by atoms with Crippen molar-refractivity contribution in [3.8, 4) is 0 Å².